The number of amides is 1. The van der Waals surface area contributed by atoms with Gasteiger partial charge in [-0.2, -0.15) is 0 Å². The van der Waals surface area contributed by atoms with Crippen molar-refractivity contribution in [3.8, 4) is 11.3 Å². The fraction of sp³-hybridized carbons (Fsp3) is 0.158. The van der Waals surface area contributed by atoms with Crippen molar-refractivity contribution in [3.05, 3.63) is 69.0 Å². The highest BCUT2D eigenvalue weighted by atomic mass is 35.5. The summed E-state index contributed by atoms with van der Waals surface area (Å²) in [7, 11) is -3.50. The third-order valence-corrected chi connectivity index (χ3v) is 6.27. The molecule has 27 heavy (non-hydrogen) atoms. The Balaban J connectivity index is 1.69. The van der Waals surface area contributed by atoms with E-state index in [4.69, 9.17) is 11.6 Å². The molecule has 0 aliphatic heterocycles. The molecule has 1 aromatic heterocycles. The van der Waals surface area contributed by atoms with Crippen LogP contribution in [-0.4, -0.2) is 25.6 Å². The summed E-state index contributed by atoms with van der Waals surface area (Å²) in [5.41, 5.74) is 3.12. The first-order valence-electron chi connectivity index (χ1n) is 8.03. The van der Waals surface area contributed by atoms with Gasteiger partial charge < -0.3 is 5.32 Å². The van der Waals surface area contributed by atoms with Crippen LogP contribution in [0.15, 0.2) is 52.7 Å². The highest BCUT2D eigenvalue weighted by molar-refractivity contribution is 7.90. The van der Waals surface area contributed by atoms with Crippen molar-refractivity contribution in [1.82, 2.24) is 10.3 Å². The number of sulfone groups is 1. The number of thiazole rings is 1. The summed E-state index contributed by atoms with van der Waals surface area (Å²) in [6, 6.07) is 12.0. The summed E-state index contributed by atoms with van der Waals surface area (Å²) in [6.45, 7) is 2.29. The van der Waals surface area contributed by atoms with Gasteiger partial charge in [0.2, 0.25) is 0 Å². The Morgan fingerprint density at radius 3 is 2.48 bits per heavy atom. The van der Waals surface area contributed by atoms with Gasteiger partial charge in [-0.05, 0) is 30.7 Å². The number of halogens is 1. The van der Waals surface area contributed by atoms with Crippen molar-refractivity contribution >= 4 is 38.7 Å². The van der Waals surface area contributed by atoms with Crippen LogP contribution in [0.1, 0.15) is 20.9 Å². The second kappa shape index (κ2) is 7.80. The molecule has 0 saturated heterocycles. The molecule has 0 unspecified atom stereocenters. The molecule has 1 heterocycles. The van der Waals surface area contributed by atoms with Gasteiger partial charge in [-0.3, -0.25) is 4.79 Å². The SMILES string of the molecule is Cc1nc(-c2ccc(CNC(=O)c3ccc(Cl)c(S(C)(=O)=O)c3)cc2)cs1. The molecule has 3 aromatic rings. The Morgan fingerprint density at radius 2 is 1.89 bits per heavy atom. The third kappa shape index (κ3) is 4.74. The fourth-order valence-corrected chi connectivity index (χ4v) is 4.43. The lowest BCUT2D eigenvalue weighted by Gasteiger charge is -2.08. The summed E-state index contributed by atoms with van der Waals surface area (Å²) in [4.78, 5) is 16.7. The summed E-state index contributed by atoms with van der Waals surface area (Å²) < 4.78 is 23.5. The Kier molecular flexibility index (Phi) is 5.64. The zero-order chi connectivity index (χ0) is 19.6. The first kappa shape index (κ1) is 19.5. The number of carbonyl (C=O) groups is 1. The molecule has 0 atom stereocenters. The van der Waals surface area contributed by atoms with Crippen molar-refractivity contribution < 1.29 is 13.2 Å². The summed E-state index contributed by atoms with van der Waals surface area (Å²) >= 11 is 7.51. The number of nitrogens with zero attached hydrogens (tertiary/aromatic N) is 1. The molecule has 0 aliphatic carbocycles. The van der Waals surface area contributed by atoms with Crippen LogP contribution in [0.25, 0.3) is 11.3 Å². The maximum atomic E-state index is 12.3. The minimum atomic E-state index is -3.50. The van der Waals surface area contributed by atoms with E-state index in [1.807, 2.05) is 36.6 Å². The topological polar surface area (TPSA) is 76.1 Å². The van der Waals surface area contributed by atoms with E-state index >= 15 is 0 Å². The van der Waals surface area contributed by atoms with E-state index in [1.165, 1.54) is 18.2 Å². The van der Waals surface area contributed by atoms with Gasteiger partial charge in [-0.25, -0.2) is 13.4 Å². The lowest BCUT2D eigenvalue weighted by molar-refractivity contribution is 0.0950. The molecule has 140 valence electrons. The summed E-state index contributed by atoms with van der Waals surface area (Å²) in [6.07, 6.45) is 1.06. The lowest BCUT2D eigenvalue weighted by atomic mass is 10.1. The zero-order valence-electron chi connectivity index (χ0n) is 14.7. The first-order valence-corrected chi connectivity index (χ1v) is 11.2. The van der Waals surface area contributed by atoms with Crippen LogP contribution in [0.3, 0.4) is 0 Å². The van der Waals surface area contributed by atoms with Crippen LogP contribution >= 0.6 is 22.9 Å². The highest BCUT2D eigenvalue weighted by Crippen LogP contribution is 2.23. The minimum Gasteiger partial charge on any atom is -0.348 e. The number of rotatable bonds is 5. The van der Waals surface area contributed by atoms with Crippen molar-refractivity contribution in [1.29, 1.82) is 0 Å². The molecule has 0 saturated carbocycles. The molecule has 3 rings (SSSR count). The van der Waals surface area contributed by atoms with E-state index in [9.17, 15) is 13.2 Å². The monoisotopic (exact) mass is 420 g/mol. The van der Waals surface area contributed by atoms with Crippen LogP contribution in [-0.2, 0) is 16.4 Å². The van der Waals surface area contributed by atoms with E-state index in [0.29, 0.717) is 6.54 Å². The average molecular weight is 421 g/mol. The minimum absolute atomic E-state index is 0.0558. The second-order valence-electron chi connectivity index (χ2n) is 6.05. The van der Waals surface area contributed by atoms with Crippen molar-refractivity contribution in [3.63, 3.8) is 0 Å². The largest absolute Gasteiger partial charge is 0.348 e. The third-order valence-electron chi connectivity index (χ3n) is 3.91. The summed E-state index contributed by atoms with van der Waals surface area (Å²) in [5.74, 6) is -0.365. The van der Waals surface area contributed by atoms with Gasteiger partial charge in [0.05, 0.1) is 20.6 Å². The van der Waals surface area contributed by atoms with Gasteiger partial charge in [0, 0.05) is 29.3 Å². The van der Waals surface area contributed by atoms with Crippen molar-refractivity contribution in [2.75, 3.05) is 6.26 Å². The Morgan fingerprint density at radius 1 is 1.19 bits per heavy atom. The average Bonchev–Trinajstić information content (AvgIpc) is 3.06. The number of benzene rings is 2. The van der Waals surface area contributed by atoms with Gasteiger partial charge in [0.25, 0.3) is 5.91 Å². The predicted molar refractivity (Wildman–Crippen MR) is 108 cm³/mol. The smallest absolute Gasteiger partial charge is 0.251 e. The maximum Gasteiger partial charge on any atom is 0.251 e. The van der Waals surface area contributed by atoms with E-state index in [0.717, 1.165) is 28.1 Å². The number of hydrogen-bond acceptors (Lipinski definition) is 5. The normalized spacial score (nSPS) is 11.4. The highest BCUT2D eigenvalue weighted by Gasteiger charge is 2.15. The summed E-state index contributed by atoms with van der Waals surface area (Å²) in [5, 5.41) is 5.90. The quantitative estimate of drug-likeness (QED) is 0.674. The Bertz CT molecular complexity index is 1090. The molecule has 0 bridgehead atoms. The van der Waals surface area contributed by atoms with Gasteiger partial charge in [-0.1, -0.05) is 35.9 Å². The van der Waals surface area contributed by atoms with Crippen LogP contribution in [0.4, 0.5) is 0 Å². The predicted octanol–water partition coefficient (Wildman–Crippen LogP) is 4.11. The Hall–Kier alpha value is -2.22. The lowest BCUT2D eigenvalue weighted by Crippen LogP contribution is -2.23. The van der Waals surface area contributed by atoms with Gasteiger partial charge in [0.15, 0.2) is 9.84 Å². The Labute approximate surface area is 167 Å². The van der Waals surface area contributed by atoms with E-state index in [-0.39, 0.29) is 21.4 Å². The van der Waals surface area contributed by atoms with Gasteiger partial charge in [0.1, 0.15) is 0 Å². The van der Waals surface area contributed by atoms with E-state index in [2.05, 4.69) is 10.3 Å². The molecule has 1 amide bonds. The van der Waals surface area contributed by atoms with Crippen LogP contribution in [0.5, 0.6) is 0 Å². The van der Waals surface area contributed by atoms with Gasteiger partial charge in [-0.15, -0.1) is 11.3 Å². The van der Waals surface area contributed by atoms with Crippen LogP contribution in [0.2, 0.25) is 5.02 Å². The molecule has 0 radical (unpaired) electrons. The molecule has 0 spiro atoms. The van der Waals surface area contributed by atoms with E-state index in [1.54, 1.807) is 11.3 Å². The van der Waals surface area contributed by atoms with Crippen molar-refractivity contribution in [2.45, 2.75) is 18.4 Å². The molecular formula is C19H17ClN2O3S2. The number of carbonyl (C=O) groups excluding carboxylic acids is 1. The molecule has 0 fully saturated rings. The maximum absolute atomic E-state index is 12.3. The number of aryl methyl sites for hydroxylation is 1. The van der Waals surface area contributed by atoms with Gasteiger partial charge >= 0.3 is 0 Å². The first-order chi connectivity index (χ1) is 12.7. The molecular weight excluding hydrogens is 404 g/mol. The van der Waals surface area contributed by atoms with E-state index < -0.39 is 9.84 Å². The molecule has 8 heteroatoms. The van der Waals surface area contributed by atoms with Crippen LogP contribution in [0, 0.1) is 6.92 Å². The molecule has 2 aromatic carbocycles. The number of aromatic nitrogens is 1. The molecule has 5 nitrogen and oxygen atoms in total. The zero-order valence-corrected chi connectivity index (χ0v) is 17.1. The molecule has 0 aliphatic rings. The molecule has 1 N–H and O–H groups in total. The van der Waals surface area contributed by atoms with Crippen LogP contribution < -0.4 is 5.32 Å². The van der Waals surface area contributed by atoms with Crippen molar-refractivity contribution in [2.24, 2.45) is 0 Å². The number of nitrogens with one attached hydrogen (secondary N) is 1. The fourth-order valence-electron chi connectivity index (χ4n) is 2.50. The number of hydrogen-bond donors (Lipinski definition) is 1. The standard InChI is InChI=1S/C19H17ClN2O3S2/c1-12-22-17(11-26-12)14-5-3-13(4-6-14)10-21-19(23)15-7-8-16(20)18(9-15)27(2,24)25/h3-9,11H,10H2,1-2H3,(H,21,23). The second-order valence-corrected chi connectivity index (χ2v) is 9.50.